The third-order valence-corrected chi connectivity index (χ3v) is 2.67. The van der Waals surface area contributed by atoms with Gasteiger partial charge in [0, 0.05) is 18.2 Å². The van der Waals surface area contributed by atoms with E-state index in [4.69, 9.17) is 26.8 Å². The zero-order valence-electron chi connectivity index (χ0n) is 11.1. The van der Waals surface area contributed by atoms with Crippen molar-refractivity contribution < 1.29 is 9.47 Å². The second-order valence-electron chi connectivity index (χ2n) is 4.62. The molecule has 1 aromatic carbocycles. The van der Waals surface area contributed by atoms with Crippen molar-refractivity contribution in [2.24, 2.45) is 11.7 Å². The highest BCUT2D eigenvalue weighted by molar-refractivity contribution is 6.30. The topological polar surface area (TPSA) is 44.5 Å². The fraction of sp³-hybridized carbons (Fsp3) is 0.571. The Balaban J connectivity index is 2.34. The smallest absolute Gasteiger partial charge is 0.0948 e. The molecule has 2 N–H and O–H groups in total. The molecule has 0 aliphatic rings. The second-order valence-corrected chi connectivity index (χ2v) is 5.06. The highest BCUT2D eigenvalue weighted by Gasteiger charge is 2.10. The normalized spacial score (nSPS) is 12.9. The molecular formula is C14H22ClNO2. The van der Waals surface area contributed by atoms with Gasteiger partial charge in [0.05, 0.1) is 19.3 Å². The minimum Gasteiger partial charge on any atom is -0.379 e. The minimum atomic E-state index is -0.119. The van der Waals surface area contributed by atoms with E-state index in [1.54, 1.807) is 0 Å². The van der Waals surface area contributed by atoms with Crippen LogP contribution in [0, 0.1) is 5.92 Å². The molecule has 0 radical (unpaired) electrons. The number of benzene rings is 1. The average Bonchev–Trinajstić information content (AvgIpc) is 2.33. The quantitative estimate of drug-likeness (QED) is 0.739. The number of hydrogen-bond donors (Lipinski definition) is 1. The summed E-state index contributed by atoms with van der Waals surface area (Å²) < 4.78 is 11.2. The van der Waals surface area contributed by atoms with Crippen LogP contribution in [-0.2, 0) is 9.47 Å². The van der Waals surface area contributed by atoms with Crippen LogP contribution < -0.4 is 5.73 Å². The Bertz CT molecular complexity index is 344. The van der Waals surface area contributed by atoms with Crippen LogP contribution in [0.1, 0.15) is 25.5 Å². The maximum Gasteiger partial charge on any atom is 0.0948 e. The monoisotopic (exact) mass is 271 g/mol. The first kappa shape index (κ1) is 15.4. The van der Waals surface area contributed by atoms with Crippen molar-refractivity contribution in [1.82, 2.24) is 0 Å². The van der Waals surface area contributed by atoms with Crippen molar-refractivity contribution in [3.8, 4) is 0 Å². The number of nitrogens with two attached hydrogens (primary N) is 1. The molecule has 0 bridgehead atoms. The van der Waals surface area contributed by atoms with Crippen molar-refractivity contribution in [2.75, 3.05) is 26.4 Å². The summed E-state index contributed by atoms with van der Waals surface area (Å²) in [5.74, 6) is 0.545. The van der Waals surface area contributed by atoms with Gasteiger partial charge in [-0.25, -0.2) is 0 Å². The van der Waals surface area contributed by atoms with Crippen LogP contribution in [-0.4, -0.2) is 26.4 Å². The number of hydrogen-bond acceptors (Lipinski definition) is 3. The van der Waals surface area contributed by atoms with Gasteiger partial charge in [0.15, 0.2) is 0 Å². The molecule has 4 heteroatoms. The van der Waals surface area contributed by atoms with E-state index in [2.05, 4.69) is 13.8 Å². The van der Waals surface area contributed by atoms with E-state index in [-0.39, 0.29) is 6.10 Å². The van der Waals surface area contributed by atoms with Crippen molar-refractivity contribution in [2.45, 2.75) is 20.0 Å². The third kappa shape index (κ3) is 5.83. The van der Waals surface area contributed by atoms with Gasteiger partial charge in [-0.1, -0.05) is 37.6 Å². The Hall–Kier alpha value is -0.610. The molecule has 1 aromatic rings. The molecule has 0 aliphatic carbocycles. The Labute approximate surface area is 114 Å². The number of rotatable bonds is 8. The predicted octanol–water partition coefficient (Wildman–Crippen LogP) is 3.03. The van der Waals surface area contributed by atoms with Gasteiger partial charge in [-0.2, -0.15) is 0 Å². The van der Waals surface area contributed by atoms with Crippen LogP contribution in [0.25, 0.3) is 0 Å². The van der Waals surface area contributed by atoms with Crippen LogP contribution in [0.15, 0.2) is 24.3 Å². The van der Waals surface area contributed by atoms with E-state index in [0.29, 0.717) is 30.7 Å². The van der Waals surface area contributed by atoms with Crippen LogP contribution in [0.3, 0.4) is 0 Å². The molecule has 0 saturated carbocycles. The summed E-state index contributed by atoms with van der Waals surface area (Å²) in [6.45, 7) is 6.57. The molecule has 0 amide bonds. The summed E-state index contributed by atoms with van der Waals surface area (Å²) in [4.78, 5) is 0. The van der Waals surface area contributed by atoms with Gasteiger partial charge in [-0.05, 0) is 23.6 Å². The summed E-state index contributed by atoms with van der Waals surface area (Å²) in [7, 11) is 0. The van der Waals surface area contributed by atoms with Crippen LogP contribution in [0.5, 0.6) is 0 Å². The summed E-state index contributed by atoms with van der Waals surface area (Å²) in [6.07, 6.45) is -0.119. The van der Waals surface area contributed by atoms with Gasteiger partial charge in [0.25, 0.3) is 0 Å². The maximum absolute atomic E-state index is 5.94. The first-order chi connectivity index (χ1) is 8.63. The maximum atomic E-state index is 5.94. The Morgan fingerprint density at radius 1 is 1.28 bits per heavy atom. The lowest BCUT2D eigenvalue weighted by Gasteiger charge is -2.17. The fourth-order valence-corrected chi connectivity index (χ4v) is 1.77. The summed E-state index contributed by atoms with van der Waals surface area (Å²) in [6, 6.07) is 7.59. The minimum absolute atomic E-state index is 0.119. The largest absolute Gasteiger partial charge is 0.379 e. The summed E-state index contributed by atoms with van der Waals surface area (Å²) in [5, 5.41) is 0.700. The van der Waals surface area contributed by atoms with Gasteiger partial charge in [0.2, 0.25) is 0 Å². The van der Waals surface area contributed by atoms with E-state index in [1.165, 1.54) is 0 Å². The standard InChI is InChI=1S/C14H22ClNO2/c1-11(2)10-17-6-7-18-14(9-16)12-4-3-5-13(15)8-12/h3-5,8,11,14H,6-7,9-10,16H2,1-2H3. The van der Waals surface area contributed by atoms with Gasteiger partial charge in [0.1, 0.15) is 0 Å². The molecule has 18 heavy (non-hydrogen) atoms. The highest BCUT2D eigenvalue weighted by atomic mass is 35.5. The van der Waals surface area contributed by atoms with Crippen LogP contribution in [0.2, 0.25) is 5.02 Å². The van der Waals surface area contributed by atoms with E-state index < -0.39 is 0 Å². The highest BCUT2D eigenvalue weighted by Crippen LogP contribution is 2.19. The van der Waals surface area contributed by atoms with Gasteiger partial charge in [-0.3, -0.25) is 0 Å². The van der Waals surface area contributed by atoms with Gasteiger partial charge >= 0.3 is 0 Å². The second kappa shape index (κ2) is 8.48. The Morgan fingerprint density at radius 2 is 2.06 bits per heavy atom. The number of halogens is 1. The predicted molar refractivity (Wildman–Crippen MR) is 74.9 cm³/mol. The first-order valence-corrected chi connectivity index (χ1v) is 6.66. The molecule has 0 heterocycles. The molecule has 0 fully saturated rings. The van der Waals surface area contributed by atoms with Crippen molar-refractivity contribution in [3.05, 3.63) is 34.9 Å². The molecular weight excluding hydrogens is 250 g/mol. The van der Waals surface area contributed by atoms with E-state index in [1.807, 2.05) is 24.3 Å². The van der Waals surface area contributed by atoms with Crippen molar-refractivity contribution >= 4 is 11.6 Å². The fourth-order valence-electron chi connectivity index (χ4n) is 1.58. The first-order valence-electron chi connectivity index (χ1n) is 6.28. The van der Waals surface area contributed by atoms with E-state index in [9.17, 15) is 0 Å². The summed E-state index contributed by atoms with van der Waals surface area (Å²) >= 11 is 5.94. The lowest BCUT2D eigenvalue weighted by atomic mass is 10.1. The molecule has 0 aromatic heterocycles. The van der Waals surface area contributed by atoms with Crippen LogP contribution >= 0.6 is 11.6 Å². The molecule has 102 valence electrons. The van der Waals surface area contributed by atoms with Crippen molar-refractivity contribution in [1.29, 1.82) is 0 Å². The lowest BCUT2D eigenvalue weighted by molar-refractivity contribution is 0.00178. The molecule has 0 saturated heterocycles. The Kier molecular flexibility index (Phi) is 7.28. The number of ether oxygens (including phenoxy) is 2. The Morgan fingerprint density at radius 3 is 2.67 bits per heavy atom. The summed E-state index contributed by atoms with van der Waals surface area (Å²) in [5.41, 5.74) is 6.72. The molecule has 1 unspecified atom stereocenters. The zero-order chi connectivity index (χ0) is 13.4. The molecule has 1 atom stereocenters. The van der Waals surface area contributed by atoms with Gasteiger partial charge in [-0.15, -0.1) is 0 Å². The zero-order valence-corrected chi connectivity index (χ0v) is 11.8. The third-order valence-electron chi connectivity index (χ3n) is 2.43. The molecule has 0 spiro atoms. The SMILES string of the molecule is CC(C)COCCOC(CN)c1cccc(Cl)c1. The van der Waals surface area contributed by atoms with Crippen molar-refractivity contribution in [3.63, 3.8) is 0 Å². The van der Waals surface area contributed by atoms with Gasteiger partial charge < -0.3 is 15.2 Å². The lowest BCUT2D eigenvalue weighted by Crippen LogP contribution is -2.18. The molecule has 3 nitrogen and oxygen atoms in total. The van der Waals surface area contributed by atoms with Crippen LogP contribution in [0.4, 0.5) is 0 Å². The molecule has 1 rings (SSSR count). The average molecular weight is 272 g/mol. The van der Waals surface area contributed by atoms with E-state index >= 15 is 0 Å². The molecule has 0 aliphatic heterocycles. The van der Waals surface area contributed by atoms with E-state index in [0.717, 1.165) is 12.2 Å².